The number of hydrogen-bond acceptors (Lipinski definition) is 3. The number of anilines is 1. The third-order valence-electron chi connectivity index (χ3n) is 6.03. The van der Waals surface area contributed by atoms with Crippen LogP contribution in [-0.2, 0) is 16.0 Å². The molecule has 27 heavy (non-hydrogen) atoms. The second kappa shape index (κ2) is 9.25. The molecule has 2 amide bonds. The van der Waals surface area contributed by atoms with E-state index < -0.39 is 0 Å². The highest BCUT2D eigenvalue weighted by atomic mass is 16.2. The topological polar surface area (TPSA) is 43.9 Å². The Kier molecular flexibility index (Phi) is 6.75. The van der Waals surface area contributed by atoms with Crippen LogP contribution in [0.1, 0.15) is 44.1 Å². The van der Waals surface area contributed by atoms with Crippen LogP contribution in [0.15, 0.2) is 24.3 Å². The van der Waals surface area contributed by atoms with Crippen LogP contribution in [0.4, 0.5) is 5.69 Å². The van der Waals surface area contributed by atoms with Crippen molar-refractivity contribution < 1.29 is 9.59 Å². The fourth-order valence-electron chi connectivity index (χ4n) is 4.12. The van der Waals surface area contributed by atoms with Crippen molar-refractivity contribution in [1.82, 2.24) is 9.80 Å². The number of aryl methyl sites for hydroxylation is 1. The molecule has 148 valence electrons. The fraction of sp³-hybridized carbons (Fsp3) is 0.636. The van der Waals surface area contributed by atoms with Crippen molar-refractivity contribution in [3.05, 3.63) is 29.8 Å². The van der Waals surface area contributed by atoms with Gasteiger partial charge in [0.05, 0.1) is 0 Å². The highest BCUT2D eigenvalue weighted by molar-refractivity contribution is 5.78. The first-order valence-corrected chi connectivity index (χ1v) is 10.3. The van der Waals surface area contributed by atoms with E-state index in [2.05, 4.69) is 29.2 Å². The maximum atomic E-state index is 12.5. The summed E-state index contributed by atoms with van der Waals surface area (Å²) in [5, 5.41) is 0. The van der Waals surface area contributed by atoms with E-state index in [0.717, 1.165) is 64.7 Å². The summed E-state index contributed by atoms with van der Waals surface area (Å²) in [4.78, 5) is 30.4. The van der Waals surface area contributed by atoms with Crippen LogP contribution in [0.5, 0.6) is 0 Å². The van der Waals surface area contributed by atoms with Gasteiger partial charge in [-0.1, -0.05) is 12.1 Å². The minimum atomic E-state index is 0.278. The Bertz CT molecular complexity index is 633. The Morgan fingerprint density at radius 3 is 2.41 bits per heavy atom. The zero-order valence-corrected chi connectivity index (χ0v) is 16.8. The number of likely N-dealkylation sites (tertiary alicyclic amines) is 2. The normalized spacial score (nSPS) is 18.2. The van der Waals surface area contributed by atoms with Crippen LogP contribution in [0.3, 0.4) is 0 Å². The predicted molar refractivity (Wildman–Crippen MR) is 109 cm³/mol. The Hall–Kier alpha value is -2.04. The largest absolute Gasteiger partial charge is 0.378 e. The van der Waals surface area contributed by atoms with Gasteiger partial charge in [0, 0.05) is 58.8 Å². The molecule has 2 saturated heterocycles. The molecule has 5 heteroatoms. The lowest BCUT2D eigenvalue weighted by atomic mass is 9.93. The van der Waals surface area contributed by atoms with Gasteiger partial charge in [0.2, 0.25) is 11.8 Å². The first-order valence-electron chi connectivity index (χ1n) is 10.3. The molecule has 0 unspecified atom stereocenters. The average Bonchev–Trinajstić information content (AvgIpc) is 3.10. The number of benzene rings is 1. The number of hydrogen-bond donors (Lipinski definition) is 0. The fourth-order valence-corrected chi connectivity index (χ4v) is 4.12. The van der Waals surface area contributed by atoms with Gasteiger partial charge < -0.3 is 14.7 Å². The quantitative estimate of drug-likeness (QED) is 0.740. The molecule has 0 atom stereocenters. The minimum absolute atomic E-state index is 0.278. The first kappa shape index (κ1) is 19.7. The SMILES string of the molecule is CN(C)c1ccc(CCC(=O)N2CCC(CCN3CCCC3=O)CC2)cc1. The van der Waals surface area contributed by atoms with Crippen LogP contribution >= 0.6 is 0 Å². The number of carbonyl (C=O) groups is 2. The van der Waals surface area contributed by atoms with E-state index in [1.54, 1.807) is 0 Å². The highest BCUT2D eigenvalue weighted by Gasteiger charge is 2.25. The molecule has 0 N–H and O–H groups in total. The molecule has 0 radical (unpaired) electrons. The summed E-state index contributed by atoms with van der Waals surface area (Å²) in [5.74, 6) is 1.25. The second-order valence-corrected chi connectivity index (χ2v) is 8.16. The minimum Gasteiger partial charge on any atom is -0.378 e. The lowest BCUT2D eigenvalue weighted by Crippen LogP contribution is -2.39. The predicted octanol–water partition coefficient (Wildman–Crippen LogP) is 2.94. The third kappa shape index (κ3) is 5.47. The summed E-state index contributed by atoms with van der Waals surface area (Å²) in [5.41, 5.74) is 2.40. The van der Waals surface area contributed by atoms with Crippen molar-refractivity contribution in [2.75, 3.05) is 45.2 Å². The van der Waals surface area contributed by atoms with Gasteiger partial charge >= 0.3 is 0 Å². The number of amides is 2. The molecule has 0 aromatic heterocycles. The lowest BCUT2D eigenvalue weighted by Gasteiger charge is -2.33. The Morgan fingerprint density at radius 1 is 1.11 bits per heavy atom. The van der Waals surface area contributed by atoms with E-state index in [1.165, 1.54) is 11.3 Å². The van der Waals surface area contributed by atoms with E-state index in [0.29, 0.717) is 18.2 Å². The van der Waals surface area contributed by atoms with Crippen molar-refractivity contribution >= 4 is 17.5 Å². The van der Waals surface area contributed by atoms with Crippen molar-refractivity contribution in [3.8, 4) is 0 Å². The molecule has 5 nitrogen and oxygen atoms in total. The van der Waals surface area contributed by atoms with E-state index in [1.807, 2.05) is 23.9 Å². The number of nitrogens with zero attached hydrogens (tertiary/aromatic N) is 3. The van der Waals surface area contributed by atoms with Crippen molar-refractivity contribution in [1.29, 1.82) is 0 Å². The zero-order chi connectivity index (χ0) is 19.2. The van der Waals surface area contributed by atoms with Crippen molar-refractivity contribution in [2.24, 2.45) is 5.92 Å². The second-order valence-electron chi connectivity index (χ2n) is 8.16. The molecule has 0 aliphatic carbocycles. The van der Waals surface area contributed by atoms with Crippen molar-refractivity contribution in [3.63, 3.8) is 0 Å². The molecule has 2 aliphatic heterocycles. The van der Waals surface area contributed by atoms with Crippen LogP contribution < -0.4 is 4.90 Å². The van der Waals surface area contributed by atoms with E-state index in [9.17, 15) is 9.59 Å². The number of rotatable bonds is 7. The van der Waals surface area contributed by atoms with Gasteiger partial charge in [-0.25, -0.2) is 0 Å². The third-order valence-corrected chi connectivity index (χ3v) is 6.03. The molecule has 0 spiro atoms. The summed E-state index contributed by atoms with van der Waals surface area (Å²) in [7, 11) is 4.07. The maximum Gasteiger partial charge on any atom is 0.222 e. The standard InChI is InChI=1S/C22H33N3O2/c1-23(2)20-8-5-18(6-9-20)7-10-22(27)25-16-12-19(13-17-25)11-15-24-14-3-4-21(24)26/h5-6,8-9,19H,3-4,7,10-17H2,1-2H3. The molecule has 3 rings (SSSR count). The highest BCUT2D eigenvalue weighted by Crippen LogP contribution is 2.23. The first-order chi connectivity index (χ1) is 13.0. The van der Waals surface area contributed by atoms with Crippen LogP contribution in [0, 0.1) is 5.92 Å². The van der Waals surface area contributed by atoms with Crippen LogP contribution in [-0.4, -0.2) is 61.9 Å². The summed E-state index contributed by atoms with van der Waals surface area (Å²) in [6.07, 6.45) is 6.38. The van der Waals surface area contributed by atoms with Gasteiger partial charge in [0.1, 0.15) is 0 Å². The van der Waals surface area contributed by atoms with Gasteiger partial charge in [-0.3, -0.25) is 9.59 Å². The van der Waals surface area contributed by atoms with Crippen LogP contribution in [0.2, 0.25) is 0 Å². The van der Waals surface area contributed by atoms with Gasteiger partial charge in [0.15, 0.2) is 0 Å². The molecule has 1 aromatic carbocycles. The van der Waals surface area contributed by atoms with Gasteiger partial charge in [-0.15, -0.1) is 0 Å². The Labute approximate surface area is 163 Å². The molecule has 2 aliphatic rings. The molecular formula is C22H33N3O2. The molecular weight excluding hydrogens is 338 g/mol. The summed E-state index contributed by atoms with van der Waals surface area (Å²) in [6, 6.07) is 8.45. The Balaban J connectivity index is 1.36. The summed E-state index contributed by atoms with van der Waals surface area (Å²) < 4.78 is 0. The smallest absolute Gasteiger partial charge is 0.222 e. The van der Waals surface area contributed by atoms with Gasteiger partial charge in [-0.2, -0.15) is 0 Å². The van der Waals surface area contributed by atoms with E-state index >= 15 is 0 Å². The van der Waals surface area contributed by atoms with Crippen LogP contribution in [0.25, 0.3) is 0 Å². The van der Waals surface area contributed by atoms with E-state index in [4.69, 9.17) is 0 Å². The number of carbonyl (C=O) groups excluding carboxylic acids is 2. The zero-order valence-electron chi connectivity index (χ0n) is 16.8. The molecule has 2 fully saturated rings. The van der Waals surface area contributed by atoms with Gasteiger partial charge in [0.25, 0.3) is 0 Å². The monoisotopic (exact) mass is 371 g/mol. The summed E-state index contributed by atoms with van der Waals surface area (Å²) in [6.45, 7) is 3.58. The maximum absolute atomic E-state index is 12.5. The van der Waals surface area contributed by atoms with Gasteiger partial charge in [-0.05, 0) is 55.7 Å². The Morgan fingerprint density at radius 2 is 1.81 bits per heavy atom. The molecule has 1 aromatic rings. The summed E-state index contributed by atoms with van der Waals surface area (Å²) >= 11 is 0. The van der Waals surface area contributed by atoms with Crippen molar-refractivity contribution in [2.45, 2.75) is 44.9 Å². The molecule has 0 bridgehead atoms. The number of piperidine rings is 1. The van der Waals surface area contributed by atoms with E-state index in [-0.39, 0.29) is 5.91 Å². The average molecular weight is 372 g/mol. The molecule has 0 saturated carbocycles. The lowest BCUT2D eigenvalue weighted by molar-refractivity contribution is -0.132. The molecule has 2 heterocycles.